The summed E-state index contributed by atoms with van der Waals surface area (Å²) in [6.07, 6.45) is 0. The molecule has 2 aromatic carbocycles. The molecule has 0 aliphatic carbocycles. The quantitative estimate of drug-likeness (QED) is 0.448. The molecule has 0 fully saturated rings. The molecule has 0 saturated carbocycles. The number of hydrogen-bond acceptors (Lipinski definition) is 5. The zero-order valence-corrected chi connectivity index (χ0v) is 18.6. The number of anilines is 2. The van der Waals surface area contributed by atoms with E-state index in [0.29, 0.717) is 10.6 Å². The third-order valence-electron chi connectivity index (χ3n) is 4.88. The fourth-order valence-corrected chi connectivity index (χ4v) is 5.29. The molecule has 2 heterocycles. The number of nitrogens with zero attached hydrogens (tertiary/aromatic N) is 3. The standard InChI is InChI=1S/C24H21N3OS2/c1-15(2)18-13-12-17(14-25)23(26-18)29-16(3)24(28)27-19-8-4-6-10-21(19)30-22-11-7-5-9-20(22)27/h4-13,15-16H,1-3H3. The molecule has 1 aliphatic heterocycles. The fraction of sp³-hybridized carbons (Fsp3) is 0.208. The Hall–Kier alpha value is -2.75. The largest absolute Gasteiger partial charge is 0.278 e. The summed E-state index contributed by atoms with van der Waals surface area (Å²) in [4.78, 5) is 22.2. The minimum absolute atomic E-state index is 0.0270. The number of fused-ring (bicyclic) bond motifs is 2. The highest BCUT2D eigenvalue weighted by atomic mass is 32.2. The zero-order valence-electron chi connectivity index (χ0n) is 17.0. The molecular weight excluding hydrogens is 410 g/mol. The molecule has 0 bridgehead atoms. The molecule has 0 radical (unpaired) electrons. The van der Waals surface area contributed by atoms with E-state index in [1.807, 2.05) is 61.5 Å². The first-order chi connectivity index (χ1) is 14.5. The molecule has 4 rings (SSSR count). The number of nitriles is 1. The van der Waals surface area contributed by atoms with Gasteiger partial charge in [-0.25, -0.2) is 4.98 Å². The summed E-state index contributed by atoms with van der Waals surface area (Å²) in [7, 11) is 0. The van der Waals surface area contributed by atoms with E-state index in [1.54, 1.807) is 22.7 Å². The van der Waals surface area contributed by atoms with Crippen LogP contribution < -0.4 is 4.90 Å². The highest BCUT2D eigenvalue weighted by Crippen LogP contribution is 2.48. The molecule has 6 heteroatoms. The fourth-order valence-electron chi connectivity index (χ4n) is 3.29. The van der Waals surface area contributed by atoms with Crippen molar-refractivity contribution in [3.8, 4) is 6.07 Å². The van der Waals surface area contributed by atoms with Crippen LogP contribution in [-0.4, -0.2) is 16.1 Å². The molecule has 1 amide bonds. The van der Waals surface area contributed by atoms with E-state index in [0.717, 1.165) is 26.9 Å². The van der Waals surface area contributed by atoms with Gasteiger partial charge in [0.15, 0.2) is 0 Å². The number of para-hydroxylation sites is 2. The van der Waals surface area contributed by atoms with Gasteiger partial charge >= 0.3 is 0 Å². The Kier molecular flexibility index (Phi) is 5.85. The number of hydrogen-bond donors (Lipinski definition) is 0. The van der Waals surface area contributed by atoms with Crippen LogP contribution in [0.1, 0.15) is 37.9 Å². The second kappa shape index (κ2) is 8.55. The lowest BCUT2D eigenvalue weighted by atomic mass is 10.1. The van der Waals surface area contributed by atoms with E-state index in [2.05, 4.69) is 24.9 Å². The van der Waals surface area contributed by atoms with Gasteiger partial charge in [-0.15, -0.1) is 0 Å². The number of carbonyl (C=O) groups is 1. The van der Waals surface area contributed by atoms with Gasteiger partial charge in [0, 0.05) is 15.5 Å². The molecular formula is C24H21N3OS2. The Labute approximate surface area is 185 Å². The van der Waals surface area contributed by atoms with Gasteiger partial charge in [-0.05, 0) is 49.2 Å². The maximum Gasteiger partial charge on any atom is 0.244 e. The lowest BCUT2D eigenvalue weighted by Gasteiger charge is -2.32. The smallest absolute Gasteiger partial charge is 0.244 e. The molecule has 0 spiro atoms. The van der Waals surface area contributed by atoms with E-state index in [1.165, 1.54) is 11.8 Å². The Morgan fingerprint density at radius 2 is 1.60 bits per heavy atom. The van der Waals surface area contributed by atoms with Crippen molar-refractivity contribution in [3.05, 3.63) is 71.9 Å². The van der Waals surface area contributed by atoms with Crippen LogP contribution in [0.4, 0.5) is 11.4 Å². The van der Waals surface area contributed by atoms with Gasteiger partial charge in [-0.1, -0.05) is 61.6 Å². The number of amides is 1. The monoisotopic (exact) mass is 431 g/mol. The van der Waals surface area contributed by atoms with Crippen molar-refractivity contribution in [1.29, 1.82) is 5.26 Å². The second-order valence-electron chi connectivity index (χ2n) is 7.33. The predicted octanol–water partition coefficient (Wildman–Crippen LogP) is 6.39. The molecule has 1 unspecified atom stereocenters. The van der Waals surface area contributed by atoms with E-state index >= 15 is 0 Å². The molecule has 0 saturated heterocycles. The first kappa shape index (κ1) is 20.5. The third-order valence-corrected chi connectivity index (χ3v) is 7.10. The minimum Gasteiger partial charge on any atom is -0.278 e. The summed E-state index contributed by atoms with van der Waals surface area (Å²) in [6, 6.07) is 21.8. The average molecular weight is 432 g/mol. The highest BCUT2D eigenvalue weighted by molar-refractivity contribution is 8.00. The summed E-state index contributed by atoms with van der Waals surface area (Å²) >= 11 is 3.02. The first-order valence-electron chi connectivity index (χ1n) is 9.77. The van der Waals surface area contributed by atoms with Crippen molar-refractivity contribution in [2.75, 3.05) is 4.90 Å². The number of pyridine rings is 1. The molecule has 3 aromatic rings. The lowest BCUT2D eigenvalue weighted by Crippen LogP contribution is -2.34. The topological polar surface area (TPSA) is 57.0 Å². The van der Waals surface area contributed by atoms with Crippen molar-refractivity contribution in [2.24, 2.45) is 0 Å². The van der Waals surface area contributed by atoms with Crippen LogP contribution in [0.2, 0.25) is 0 Å². The van der Waals surface area contributed by atoms with Gasteiger partial charge in [-0.3, -0.25) is 9.69 Å². The number of rotatable bonds is 4. The van der Waals surface area contributed by atoms with E-state index in [4.69, 9.17) is 0 Å². The van der Waals surface area contributed by atoms with Crippen LogP contribution in [0.25, 0.3) is 0 Å². The number of thioether (sulfide) groups is 1. The summed E-state index contributed by atoms with van der Waals surface area (Å²) in [6.45, 7) is 6.01. The van der Waals surface area contributed by atoms with Crippen molar-refractivity contribution in [1.82, 2.24) is 4.98 Å². The number of benzene rings is 2. The van der Waals surface area contributed by atoms with Gasteiger partial charge in [0.05, 0.1) is 22.2 Å². The molecule has 1 aromatic heterocycles. The summed E-state index contributed by atoms with van der Waals surface area (Å²) in [5.74, 6) is 0.224. The van der Waals surface area contributed by atoms with Crippen LogP contribution in [0.5, 0.6) is 0 Å². The molecule has 1 atom stereocenters. The normalized spacial score (nSPS) is 13.4. The number of aromatic nitrogens is 1. The maximum atomic E-state index is 13.6. The Bertz CT molecular complexity index is 1110. The SMILES string of the molecule is CC(Sc1nc(C(C)C)ccc1C#N)C(=O)N1c2ccccc2Sc2ccccc21. The molecule has 0 N–H and O–H groups in total. The second-order valence-corrected chi connectivity index (χ2v) is 9.74. The molecule has 4 nitrogen and oxygen atoms in total. The van der Waals surface area contributed by atoms with E-state index in [9.17, 15) is 10.1 Å². The summed E-state index contributed by atoms with van der Waals surface area (Å²) < 4.78 is 0. The molecule has 150 valence electrons. The van der Waals surface area contributed by atoms with Gasteiger partial charge in [-0.2, -0.15) is 5.26 Å². The summed E-state index contributed by atoms with van der Waals surface area (Å²) in [5, 5.41) is 9.71. The van der Waals surface area contributed by atoms with Gasteiger partial charge in [0.1, 0.15) is 11.1 Å². The van der Waals surface area contributed by atoms with Gasteiger partial charge in [0.25, 0.3) is 0 Å². The van der Waals surface area contributed by atoms with Gasteiger partial charge < -0.3 is 0 Å². The minimum atomic E-state index is -0.406. The number of carbonyl (C=O) groups excluding carboxylic acids is 1. The van der Waals surface area contributed by atoms with Gasteiger partial charge in [0.2, 0.25) is 5.91 Å². The van der Waals surface area contributed by atoms with Crippen LogP contribution in [-0.2, 0) is 4.79 Å². The van der Waals surface area contributed by atoms with Crippen molar-refractivity contribution < 1.29 is 4.79 Å². The zero-order chi connectivity index (χ0) is 21.3. The van der Waals surface area contributed by atoms with Crippen molar-refractivity contribution in [3.63, 3.8) is 0 Å². The predicted molar refractivity (Wildman–Crippen MR) is 123 cm³/mol. The third kappa shape index (κ3) is 3.83. The molecule has 1 aliphatic rings. The van der Waals surface area contributed by atoms with Crippen LogP contribution >= 0.6 is 23.5 Å². The van der Waals surface area contributed by atoms with Crippen LogP contribution in [0, 0.1) is 11.3 Å². The van der Waals surface area contributed by atoms with Crippen LogP contribution in [0.3, 0.4) is 0 Å². The first-order valence-corrected chi connectivity index (χ1v) is 11.5. The van der Waals surface area contributed by atoms with E-state index < -0.39 is 5.25 Å². The Morgan fingerprint density at radius 1 is 1.00 bits per heavy atom. The van der Waals surface area contributed by atoms with Crippen LogP contribution in [0.15, 0.2) is 75.5 Å². The van der Waals surface area contributed by atoms with Crippen molar-refractivity contribution in [2.45, 2.75) is 46.8 Å². The maximum absolute atomic E-state index is 13.6. The Balaban J connectivity index is 1.69. The summed E-state index contributed by atoms with van der Waals surface area (Å²) in [5.41, 5.74) is 3.20. The van der Waals surface area contributed by atoms with E-state index in [-0.39, 0.29) is 11.8 Å². The Morgan fingerprint density at radius 3 is 2.17 bits per heavy atom. The average Bonchev–Trinajstić information content (AvgIpc) is 2.76. The lowest BCUT2D eigenvalue weighted by molar-refractivity contribution is -0.117. The van der Waals surface area contributed by atoms with Crippen molar-refractivity contribution >= 4 is 40.8 Å². The highest BCUT2D eigenvalue weighted by Gasteiger charge is 2.31. The molecule has 30 heavy (non-hydrogen) atoms.